The average Bonchev–Trinajstić information content (AvgIpc) is 2.66. The Labute approximate surface area is 190 Å². The summed E-state index contributed by atoms with van der Waals surface area (Å²) in [6.07, 6.45) is -10.9. The molecule has 1 amide bonds. The first kappa shape index (κ1) is 24.2. The molecular formula is C22H21F7N4O. The summed E-state index contributed by atoms with van der Waals surface area (Å²) in [4.78, 5) is 19.2. The Morgan fingerprint density at radius 1 is 1.12 bits per heavy atom. The molecule has 1 aromatic carbocycles. The molecule has 12 heteroatoms. The second kappa shape index (κ2) is 8.10. The van der Waals surface area contributed by atoms with Crippen molar-refractivity contribution < 1.29 is 35.5 Å². The highest BCUT2D eigenvalue weighted by molar-refractivity contribution is 5.94. The van der Waals surface area contributed by atoms with Crippen molar-refractivity contribution in [3.05, 3.63) is 52.5 Å². The molecule has 184 valence electrons. The van der Waals surface area contributed by atoms with E-state index >= 15 is 0 Å². The Hall–Kier alpha value is -2.89. The van der Waals surface area contributed by atoms with Gasteiger partial charge in [0.15, 0.2) is 0 Å². The Balaban J connectivity index is 1.74. The molecule has 0 saturated carbocycles. The topological polar surface area (TPSA) is 48.5 Å². The minimum absolute atomic E-state index is 0.00867. The van der Waals surface area contributed by atoms with Crippen LogP contribution < -0.4 is 15.1 Å². The second-order valence-corrected chi connectivity index (χ2v) is 8.84. The van der Waals surface area contributed by atoms with E-state index in [0.717, 1.165) is 11.0 Å². The van der Waals surface area contributed by atoms with E-state index in [9.17, 15) is 35.5 Å². The molecule has 1 spiro atoms. The highest BCUT2D eigenvalue weighted by Crippen LogP contribution is 2.45. The number of carbonyl (C=O) groups is 1. The number of rotatable bonds is 4. The van der Waals surface area contributed by atoms with Crippen LogP contribution in [-0.4, -0.2) is 44.1 Å². The zero-order valence-electron chi connectivity index (χ0n) is 18.2. The molecule has 0 aliphatic carbocycles. The quantitative estimate of drug-likeness (QED) is 0.654. The van der Waals surface area contributed by atoms with Gasteiger partial charge in [-0.25, -0.2) is 9.37 Å². The van der Waals surface area contributed by atoms with E-state index in [1.807, 2.05) is 0 Å². The van der Waals surface area contributed by atoms with Crippen LogP contribution in [0.5, 0.6) is 0 Å². The Bertz CT molecular complexity index is 1120. The highest BCUT2D eigenvalue weighted by Gasteiger charge is 2.49. The molecule has 4 rings (SSSR count). The van der Waals surface area contributed by atoms with Gasteiger partial charge in [0.2, 0.25) is 5.91 Å². The summed E-state index contributed by atoms with van der Waals surface area (Å²) in [6, 6.07) is 2.99. The second-order valence-electron chi connectivity index (χ2n) is 8.84. The lowest BCUT2D eigenvalue weighted by atomic mass is 9.74. The number of amides is 1. The molecule has 2 aliphatic rings. The molecular weight excluding hydrogens is 469 g/mol. The number of alkyl halides is 6. The van der Waals surface area contributed by atoms with Crippen LogP contribution in [-0.2, 0) is 23.6 Å². The van der Waals surface area contributed by atoms with Gasteiger partial charge in [0, 0.05) is 44.3 Å². The summed E-state index contributed by atoms with van der Waals surface area (Å²) in [5, 5.41) is 3.05. The third kappa shape index (κ3) is 4.42. The first-order chi connectivity index (χ1) is 15.7. The largest absolute Gasteiger partial charge is 0.416 e. The van der Waals surface area contributed by atoms with E-state index < -0.39 is 47.2 Å². The maximum Gasteiger partial charge on any atom is 0.416 e. The number of hydrogen-bond acceptors (Lipinski definition) is 4. The van der Waals surface area contributed by atoms with E-state index in [2.05, 4.69) is 10.3 Å². The number of carbonyl (C=O) groups excluding carboxylic acids is 1. The lowest BCUT2D eigenvalue weighted by Crippen LogP contribution is -2.71. The molecule has 2 aromatic rings. The van der Waals surface area contributed by atoms with Gasteiger partial charge in [-0.2, -0.15) is 26.3 Å². The molecule has 2 aliphatic heterocycles. The van der Waals surface area contributed by atoms with Gasteiger partial charge in [0.05, 0.1) is 23.2 Å². The Kier molecular flexibility index (Phi) is 5.78. The number of nitrogens with zero attached hydrogens (tertiary/aromatic N) is 3. The van der Waals surface area contributed by atoms with E-state index in [1.165, 1.54) is 24.9 Å². The van der Waals surface area contributed by atoms with Crippen molar-refractivity contribution in [3.8, 4) is 0 Å². The van der Waals surface area contributed by atoms with Gasteiger partial charge in [-0.15, -0.1) is 0 Å². The molecule has 34 heavy (non-hydrogen) atoms. The van der Waals surface area contributed by atoms with Gasteiger partial charge in [-0.3, -0.25) is 9.69 Å². The van der Waals surface area contributed by atoms with E-state index in [1.54, 1.807) is 0 Å². The number of hydrogen-bond donors (Lipinski definition) is 1. The third-order valence-electron chi connectivity index (χ3n) is 6.30. The van der Waals surface area contributed by atoms with Gasteiger partial charge >= 0.3 is 12.4 Å². The summed E-state index contributed by atoms with van der Waals surface area (Å²) >= 11 is 0. The first-order valence-corrected chi connectivity index (χ1v) is 10.4. The molecule has 0 bridgehead atoms. The minimum atomic E-state index is -5.12. The molecule has 2 saturated heterocycles. The van der Waals surface area contributed by atoms with Crippen molar-refractivity contribution in [1.29, 1.82) is 0 Å². The Morgan fingerprint density at radius 2 is 1.76 bits per heavy atom. The predicted octanol–water partition coefficient (Wildman–Crippen LogP) is 4.18. The SMILES string of the molecule is Cc1nc(N(C)C(=O)Cc2c(N3CC4(CNC4)C3)cc(C(F)(F)F)cc2C(F)(F)F)ccc1F. The van der Waals surface area contributed by atoms with E-state index in [0.29, 0.717) is 19.2 Å². The van der Waals surface area contributed by atoms with Crippen molar-refractivity contribution in [1.82, 2.24) is 10.3 Å². The minimum Gasteiger partial charge on any atom is -0.370 e. The summed E-state index contributed by atoms with van der Waals surface area (Å²) < 4.78 is 95.6. The number of likely N-dealkylation sites (N-methyl/N-ethyl adjacent to an activating group) is 1. The van der Waals surface area contributed by atoms with E-state index in [-0.39, 0.29) is 41.8 Å². The van der Waals surface area contributed by atoms with Gasteiger partial charge in [-0.1, -0.05) is 0 Å². The third-order valence-corrected chi connectivity index (χ3v) is 6.30. The highest BCUT2D eigenvalue weighted by atomic mass is 19.4. The summed E-state index contributed by atoms with van der Waals surface area (Å²) in [5.74, 6) is -1.44. The monoisotopic (exact) mass is 490 g/mol. The van der Waals surface area contributed by atoms with E-state index in [4.69, 9.17) is 0 Å². The van der Waals surface area contributed by atoms with Crippen LogP contribution in [0.25, 0.3) is 0 Å². The predicted molar refractivity (Wildman–Crippen MR) is 110 cm³/mol. The molecule has 3 heterocycles. The van der Waals surface area contributed by atoms with Gasteiger partial charge < -0.3 is 10.2 Å². The standard InChI is InChI=1S/C22H21F7N4O/c1-12-16(23)3-4-18(31-12)32(2)19(34)7-14-15(22(27,28)29)5-13(21(24,25)26)6-17(14)33-10-20(11-33)8-30-9-20/h3-6,30H,7-11H2,1-2H3. The number of halogens is 7. The molecule has 5 nitrogen and oxygen atoms in total. The number of pyridine rings is 1. The van der Waals surface area contributed by atoms with Crippen molar-refractivity contribution in [3.63, 3.8) is 0 Å². The fourth-order valence-electron chi connectivity index (χ4n) is 4.29. The zero-order valence-corrected chi connectivity index (χ0v) is 18.2. The number of anilines is 2. The summed E-state index contributed by atoms with van der Waals surface area (Å²) in [7, 11) is 1.26. The number of aryl methyl sites for hydroxylation is 1. The number of nitrogens with one attached hydrogen (secondary N) is 1. The first-order valence-electron chi connectivity index (χ1n) is 10.4. The maximum atomic E-state index is 13.9. The lowest BCUT2D eigenvalue weighted by Gasteiger charge is -2.57. The maximum absolute atomic E-state index is 13.9. The van der Waals surface area contributed by atoms with Crippen molar-refractivity contribution in [2.45, 2.75) is 25.7 Å². The number of benzene rings is 1. The molecule has 0 radical (unpaired) electrons. The Morgan fingerprint density at radius 3 is 2.26 bits per heavy atom. The smallest absolute Gasteiger partial charge is 0.370 e. The molecule has 1 N–H and O–H groups in total. The summed E-state index contributed by atoms with van der Waals surface area (Å²) in [6.45, 7) is 3.19. The molecule has 0 unspecified atom stereocenters. The molecule has 2 fully saturated rings. The fourth-order valence-corrected chi connectivity index (χ4v) is 4.29. The van der Waals surface area contributed by atoms with Crippen LogP contribution in [0, 0.1) is 18.2 Å². The van der Waals surface area contributed by atoms with Crippen LogP contribution >= 0.6 is 0 Å². The number of aromatic nitrogens is 1. The fraction of sp³-hybridized carbons (Fsp3) is 0.455. The van der Waals surface area contributed by atoms with Crippen LogP contribution in [0.15, 0.2) is 24.3 Å². The molecule has 1 aromatic heterocycles. The van der Waals surface area contributed by atoms with Crippen molar-refractivity contribution >= 4 is 17.4 Å². The zero-order chi connectivity index (χ0) is 25.1. The molecule has 0 atom stereocenters. The lowest BCUT2D eigenvalue weighted by molar-refractivity contribution is -0.143. The van der Waals surface area contributed by atoms with Crippen molar-refractivity contribution in [2.75, 3.05) is 43.0 Å². The van der Waals surface area contributed by atoms with Crippen LogP contribution in [0.3, 0.4) is 0 Å². The van der Waals surface area contributed by atoms with Gasteiger partial charge in [-0.05, 0) is 36.8 Å². The van der Waals surface area contributed by atoms with Gasteiger partial charge in [0.1, 0.15) is 11.6 Å². The van der Waals surface area contributed by atoms with Crippen molar-refractivity contribution in [2.24, 2.45) is 5.41 Å². The van der Waals surface area contributed by atoms with Crippen LogP contribution in [0.1, 0.15) is 22.4 Å². The average molecular weight is 490 g/mol. The van der Waals surface area contributed by atoms with Gasteiger partial charge in [0.25, 0.3) is 0 Å². The van der Waals surface area contributed by atoms with Crippen LogP contribution in [0.4, 0.5) is 42.2 Å². The normalized spacial score (nSPS) is 17.4. The summed E-state index contributed by atoms with van der Waals surface area (Å²) in [5.41, 5.74) is -3.91. The van der Waals surface area contributed by atoms with Crippen LogP contribution in [0.2, 0.25) is 0 Å².